The van der Waals surface area contributed by atoms with Crippen molar-refractivity contribution in [3.05, 3.63) is 45.8 Å². The van der Waals surface area contributed by atoms with Crippen molar-refractivity contribution in [2.45, 2.75) is 25.7 Å². The minimum absolute atomic E-state index is 0.131. The number of rotatable bonds is 4. The summed E-state index contributed by atoms with van der Waals surface area (Å²) < 4.78 is 5.07. The van der Waals surface area contributed by atoms with Gasteiger partial charge in [0.2, 0.25) is 0 Å². The minimum atomic E-state index is -0.476. The molecule has 0 atom stereocenters. The van der Waals surface area contributed by atoms with Crippen molar-refractivity contribution in [2.75, 3.05) is 12.4 Å². The summed E-state index contributed by atoms with van der Waals surface area (Å²) in [7, 11) is 1.56. The summed E-state index contributed by atoms with van der Waals surface area (Å²) in [5, 5.41) is 6.32. The molecule has 6 nitrogen and oxygen atoms in total. The van der Waals surface area contributed by atoms with E-state index < -0.39 is 5.91 Å². The number of hydrogen-bond acceptors (Lipinski definition) is 5. The first-order valence-corrected chi connectivity index (χ1v) is 9.42. The molecule has 0 spiro atoms. The number of hydrogen-bond donors (Lipinski definition) is 3. The van der Waals surface area contributed by atoms with Crippen molar-refractivity contribution in [1.82, 2.24) is 5.32 Å². The SMILES string of the molecule is COc1ccc(C(=O)NC(=S)Nc2sc3c(c2C(N)=O)CCCC3)cc1. The van der Waals surface area contributed by atoms with Gasteiger partial charge in [-0.15, -0.1) is 11.3 Å². The van der Waals surface area contributed by atoms with Crippen molar-refractivity contribution in [1.29, 1.82) is 0 Å². The van der Waals surface area contributed by atoms with Crippen LogP contribution in [-0.2, 0) is 12.8 Å². The summed E-state index contributed by atoms with van der Waals surface area (Å²) in [6.07, 6.45) is 3.93. The predicted octanol–water partition coefficient (Wildman–Crippen LogP) is 2.86. The number of carbonyl (C=O) groups is 2. The first kappa shape index (κ1) is 18.3. The van der Waals surface area contributed by atoms with Gasteiger partial charge in [-0.2, -0.15) is 0 Å². The van der Waals surface area contributed by atoms with Crippen LogP contribution in [0, 0.1) is 0 Å². The monoisotopic (exact) mass is 389 g/mol. The van der Waals surface area contributed by atoms with Gasteiger partial charge in [-0.05, 0) is 67.7 Å². The number of thiocarbonyl (C=S) groups is 1. The molecule has 2 aromatic rings. The van der Waals surface area contributed by atoms with Crippen molar-refractivity contribution in [2.24, 2.45) is 5.73 Å². The van der Waals surface area contributed by atoms with E-state index in [2.05, 4.69) is 10.6 Å². The molecule has 0 bridgehead atoms. The first-order valence-electron chi connectivity index (χ1n) is 8.20. The van der Waals surface area contributed by atoms with E-state index in [4.69, 9.17) is 22.7 Å². The summed E-state index contributed by atoms with van der Waals surface area (Å²) in [5.74, 6) is -0.152. The second-order valence-corrected chi connectivity index (χ2v) is 7.43. The molecule has 3 rings (SSSR count). The van der Waals surface area contributed by atoms with Gasteiger partial charge in [-0.1, -0.05) is 0 Å². The molecule has 0 radical (unpaired) electrons. The van der Waals surface area contributed by atoms with Gasteiger partial charge >= 0.3 is 0 Å². The Kier molecular flexibility index (Phi) is 5.53. The summed E-state index contributed by atoms with van der Waals surface area (Å²) in [6.45, 7) is 0. The predicted molar refractivity (Wildman–Crippen MR) is 106 cm³/mol. The maximum atomic E-state index is 12.3. The van der Waals surface area contributed by atoms with Crippen LogP contribution >= 0.6 is 23.6 Å². The molecular weight excluding hydrogens is 370 g/mol. The Morgan fingerprint density at radius 3 is 2.54 bits per heavy atom. The van der Waals surface area contributed by atoms with E-state index in [0.29, 0.717) is 21.9 Å². The van der Waals surface area contributed by atoms with Gasteiger partial charge in [-0.3, -0.25) is 14.9 Å². The van der Waals surface area contributed by atoms with E-state index in [-0.39, 0.29) is 11.0 Å². The Bertz CT molecular complexity index is 859. The highest BCUT2D eigenvalue weighted by molar-refractivity contribution is 7.80. The number of anilines is 1. The van der Waals surface area contributed by atoms with Crippen LogP contribution in [0.5, 0.6) is 5.75 Å². The third-order valence-electron chi connectivity index (χ3n) is 4.22. The van der Waals surface area contributed by atoms with Crippen molar-refractivity contribution >= 4 is 45.5 Å². The highest BCUT2D eigenvalue weighted by Crippen LogP contribution is 2.37. The van der Waals surface area contributed by atoms with Crippen LogP contribution in [0.25, 0.3) is 0 Å². The van der Waals surface area contributed by atoms with Crippen LogP contribution in [0.4, 0.5) is 5.00 Å². The number of ether oxygens (including phenoxy) is 1. The quantitative estimate of drug-likeness (QED) is 0.699. The van der Waals surface area contributed by atoms with Crippen molar-refractivity contribution in [3.8, 4) is 5.75 Å². The number of thiophene rings is 1. The maximum absolute atomic E-state index is 12.3. The molecule has 0 unspecified atom stereocenters. The summed E-state index contributed by atoms with van der Waals surface area (Å²) >= 11 is 6.71. The van der Waals surface area contributed by atoms with Crippen LogP contribution in [0.15, 0.2) is 24.3 Å². The number of amides is 2. The van der Waals surface area contributed by atoms with E-state index >= 15 is 0 Å². The summed E-state index contributed by atoms with van der Waals surface area (Å²) in [6, 6.07) is 6.69. The van der Waals surface area contributed by atoms with Crippen LogP contribution < -0.4 is 21.1 Å². The highest BCUT2D eigenvalue weighted by Gasteiger charge is 2.24. The number of primary amides is 1. The molecule has 136 valence electrons. The van der Waals surface area contributed by atoms with Gasteiger partial charge in [-0.25, -0.2) is 0 Å². The van der Waals surface area contributed by atoms with Crippen molar-refractivity contribution < 1.29 is 14.3 Å². The average Bonchev–Trinajstić information content (AvgIpc) is 2.99. The van der Waals surface area contributed by atoms with Gasteiger partial charge in [0.05, 0.1) is 12.7 Å². The molecule has 4 N–H and O–H groups in total. The molecule has 26 heavy (non-hydrogen) atoms. The zero-order valence-corrected chi connectivity index (χ0v) is 15.9. The molecule has 8 heteroatoms. The largest absolute Gasteiger partial charge is 0.497 e. The third kappa shape index (κ3) is 3.86. The third-order valence-corrected chi connectivity index (χ3v) is 5.64. The van der Waals surface area contributed by atoms with E-state index in [0.717, 1.165) is 36.1 Å². The lowest BCUT2D eigenvalue weighted by molar-refractivity contribution is 0.0975. The Morgan fingerprint density at radius 1 is 1.19 bits per heavy atom. The summed E-state index contributed by atoms with van der Waals surface area (Å²) in [4.78, 5) is 25.3. The van der Waals surface area contributed by atoms with Crippen molar-refractivity contribution in [3.63, 3.8) is 0 Å². The Morgan fingerprint density at radius 2 is 1.88 bits per heavy atom. The van der Waals surface area contributed by atoms with E-state index in [1.165, 1.54) is 11.3 Å². The van der Waals surface area contributed by atoms with Crippen LogP contribution in [-0.4, -0.2) is 24.0 Å². The highest BCUT2D eigenvalue weighted by atomic mass is 32.1. The van der Waals surface area contributed by atoms with Gasteiger partial charge < -0.3 is 15.8 Å². The molecule has 0 saturated heterocycles. The zero-order valence-electron chi connectivity index (χ0n) is 14.3. The number of methoxy groups -OCH3 is 1. The average molecular weight is 390 g/mol. The first-order chi connectivity index (χ1) is 12.5. The second-order valence-electron chi connectivity index (χ2n) is 5.92. The van der Waals surface area contributed by atoms with Gasteiger partial charge in [0, 0.05) is 10.4 Å². The lowest BCUT2D eigenvalue weighted by atomic mass is 9.95. The summed E-state index contributed by atoms with van der Waals surface area (Å²) in [5.41, 5.74) is 7.52. The van der Waals surface area contributed by atoms with Gasteiger partial charge in [0.25, 0.3) is 11.8 Å². The molecule has 0 aliphatic heterocycles. The van der Waals surface area contributed by atoms with E-state index in [9.17, 15) is 9.59 Å². The van der Waals surface area contributed by atoms with E-state index in [1.807, 2.05) is 0 Å². The molecule has 1 aromatic carbocycles. The molecule has 1 aliphatic carbocycles. The van der Waals surface area contributed by atoms with Crippen LogP contribution in [0.1, 0.15) is 44.0 Å². The lowest BCUT2D eigenvalue weighted by Gasteiger charge is -2.11. The number of nitrogens with one attached hydrogen (secondary N) is 2. The standard InChI is InChI=1S/C18H19N3O3S2/c1-24-11-8-6-10(7-9-11)16(23)20-18(25)21-17-14(15(19)22)12-4-2-3-5-13(12)26-17/h6-9H,2-5H2,1H3,(H2,19,22)(H2,20,21,23,25). The fraction of sp³-hybridized carbons (Fsp3) is 0.278. The normalized spacial score (nSPS) is 12.8. The smallest absolute Gasteiger partial charge is 0.257 e. The van der Waals surface area contributed by atoms with Crippen LogP contribution in [0.2, 0.25) is 0 Å². The number of carbonyl (C=O) groups excluding carboxylic acids is 2. The fourth-order valence-corrected chi connectivity index (χ4v) is 4.53. The topological polar surface area (TPSA) is 93.4 Å². The number of nitrogens with two attached hydrogens (primary N) is 1. The Balaban J connectivity index is 1.72. The Hall–Kier alpha value is -2.45. The molecule has 0 saturated carbocycles. The fourth-order valence-electron chi connectivity index (χ4n) is 2.97. The maximum Gasteiger partial charge on any atom is 0.257 e. The van der Waals surface area contributed by atoms with Crippen LogP contribution in [0.3, 0.4) is 0 Å². The molecule has 1 aromatic heterocycles. The molecule has 1 heterocycles. The van der Waals surface area contributed by atoms with Gasteiger partial charge in [0.1, 0.15) is 10.8 Å². The molecular formula is C18H19N3O3S2. The lowest BCUT2D eigenvalue weighted by Crippen LogP contribution is -2.34. The molecule has 0 fully saturated rings. The number of aryl methyl sites for hydroxylation is 1. The zero-order chi connectivity index (χ0) is 18.7. The molecule has 2 amide bonds. The minimum Gasteiger partial charge on any atom is -0.497 e. The number of fused-ring (bicyclic) bond motifs is 1. The number of benzene rings is 1. The molecule has 1 aliphatic rings. The Labute approximate surface area is 160 Å². The van der Waals surface area contributed by atoms with E-state index in [1.54, 1.807) is 31.4 Å². The van der Waals surface area contributed by atoms with Gasteiger partial charge in [0.15, 0.2) is 5.11 Å². The second kappa shape index (κ2) is 7.84.